The Bertz CT molecular complexity index is 302. The fourth-order valence-electron chi connectivity index (χ4n) is 1.40. The number of hydrogen-bond acceptors (Lipinski definition) is 6. The molecular weight excluding hydrogens is 226 g/mol. The molecule has 0 amide bonds. The average Bonchev–Trinajstić information content (AvgIpc) is 2.77. The molecule has 0 aliphatic heterocycles. The highest BCUT2D eigenvalue weighted by Gasteiger charge is 2.20. The Balaban J connectivity index is 2.61. The second-order valence-electron chi connectivity index (χ2n) is 3.37. The zero-order valence-electron chi connectivity index (χ0n) is 10.2. The van der Waals surface area contributed by atoms with Gasteiger partial charge >= 0.3 is 0 Å². The van der Waals surface area contributed by atoms with Gasteiger partial charge in [-0.05, 0) is 6.42 Å². The molecule has 1 N–H and O–H groups in total. The summed E-state index contributed by atoms with van der Waals surface area (Å²) >= 11 is 1.37. The van der Waals surface area contributed by atoms with Gasteiger partial charge in [-0.25, -0.2) is 4.98 Å². The number of anilines is 1. The van der Waals surface area contributed by atoms with Crippen molar-refractivity contribution < 1.29 is 9.47 Å². The molecule has 1 aromatic rings. The van der Waals surface area contributed by atoms with Gasteiger partial charge in [-0.2, -0.15) is 4.37 Å². The lowest BCUT2D eigenvalue weighted by Gasteiger charge is -2.23. The maximum Gasteiger partial charge on any atom is 0.202 e. The molecule has 0 bridgehead atoms. The molecule has 6 heteroatoms. The molecule has 1 heterocycles. The van der Waals surface area contributed by atoms with Gasteiger partial charge in [-0.1, -0.05) is 13.8 Å². The molecule has 1 unspecified atom stereocenters. The largest absolute Gasteiger partial charge is 0.354 e. The molecule has 1 aromatic heterocycles. The topological polar surface area (TPSA) is 56.3 Å². The third kappa shape index (κ3) is 3.40. The second kappa shape index (κ2) is 6.78. The lowest BCUT2D eigenvalue weighted by molar-refractivity contribution is -0.112. The van der Waals surface area contributed by atoms with Crippen LogP contribution in [0.5, 0.6) is 0 Å². The van der Waals surface area contributed by atoms with Crippen molar-refractivity contribution in [2.45, 2.75) is 39.0 Å². The molecule has 1 atom stereocenters. The number of rotatable bonds is 7. The zero-order valence-corrected chi connectivity index (χ0v) is 11.0. The van der Waals surface area contributed by atoms with E-state index in [2.05, 4.69) is 21.6 Å². The van der Waals surface area contributed by atoms with Crippen molar-refractivity contribution in [2.75, 3.05) is 19.5 Å². The molecule has 0 saturated carbocycles. The predicted octanol–water partition coefficient (Wildman–Crippen LogP) is 1.91. The number of aromatic nitrogens is 2. The quantitative estimate of drug-likeness (QED) is 0.744. The molecular formula is C10H19N3O2S. The van der Waals surface area contributed by atoms with Crippen molar-refractivity contribution >= 4 is 16.7 Å². The third-order valence-electron chi connectivity index (χ3n) is 2.33. The molecule has 0 aliphatic rings. The van der Waals surface area contributed by atoms with Crippen LogP contribution in [-0.4, -0.2) is 35.9 Å². The van der Waals surface area contributed by atoms with Crippen LogP contribution in [0, 0.1) is 0 Å². The highest BCUT2D eigenvalue weighted by Crippen LogP contribution is 2.16. The van der Waals surface area contributed by atoms with Crippen LogP contribution in [0.25, 0.3) is 0 Å². The van der Waals surface area contributed by atoms with E-state index in [1.165, 1.54) is 11.5 Å². The number of aryl methyl sites for hydroxylation is 1. The Morgan fingerprint density at radius 3 is 2.44 bits per heavy atom. The SMILES string of the molecule is CCc1nsc(NC(CC)C(OC)OC)n1. The minimum absolute atomic E-state index is 0.0904. The molecule has 92 valence electrons. The maximum absolute atomic E-state index is 5.23. The van der Waals surface area contributed by atoms with Crippen LogP contribution in [0.15, 0.2) is 0 Å². The van der Waals surface area contributed by atoms with Crippen molar-refractivity contribution in [3.05, 3.63) is 5.82 Å². The van der Waals surface area contributed by atoms with Crippen LogP contribution in [0.4, 0.5) is 5.13 Å². The van der Waals surface area contributed by atoms with Crippen LogP contribution in [-0.2, 0) is 15.9 Å². The summed E-state index contributed by atoms with van der Waals surface area (Å²) in [5.74, 6) is 0.869. The first kappa shape index (κ1) is 13.3. The first-order valence-electron chi connectivity index (χ1n) is 5.39. The molecule has 0 fully saturated rings. The van der Waals surface area contributed by atoms with E-state index >= 15 is 0 Å². The first-order chi connectivity index (χ1) is 7.74. The van der Waals surface area contributed by atoms with Crippen LogP contribution in [0.3, 0.4) is 0 Å². The van der Waals surface area contributed by atoms with E-state index in [-0.39, 0.29) is 12.3 Å². The monoisotopic (exact) mass is 245 g/mol. The molecule has 0 aromatic carbocycles. The zero-order chi connectivity index (χ0) is 12.0. The van der Waals surface area contributed by atoms with Gasteiger partial charge in [0.25, 0.3) is 0 Å². The van der Waals surface area contributed by atoms with E-state index in [1.807, 2.05) is 6.92 Å². The lowest BCUT2D eigenvalue weighted by atomic mass is 10.2. The van der Waals surface area contributed by atoms with E-state index in [4.69, 9.17) is 9.47 Å². The number of ether oxygens (including phenoxy) is 2. The van der Waals surface area contributed by atoms with Crippen LogP contribution in [0.1, 0.15) is 26.1 Å². The summed E-state index contributed by atoms with van der Waals surface area (Å²) in [5.41, 5.74) is 0. The van der Waals surface area contributed by atoms with Crippen molar-refractivity contribution in [3.63, 3.8) is 0 Å². The lowest BCUT2D eigenvalue weighted by Crippen LogP contribution is -2.35. The summed E-state index contributed by atoms with van der Waals surface area (Å²) in [6.45, 7) is 4.11. The molecule has 0 saturated heterocycles. The van der Waals surface area contributed by atoms with Gasteiger partial charge in [-0.3, -0.25) is 0 Å². The minimum Gasteiger partial charge on any atom is -0.354 e. The van der Waals surface area contributed by atoms with Crippen LogP contribution < -0.4 is 5.32 Å². The molecule has 1 rings (SSSR count). The summed E-state index contributed by atoms with van der Waals surface area (Å²) in [7, 11) is 3.27. The second-order valence-corrected chi connectivity index (χ2v) is 4.12. The van der Waals surface area contributed by atoms with Crippen molar-refractivity contribution in [1.29, 1.82) is 0 Å². The van der Waals surface area contributed by atoms with Gasteiger partial charge in [-0.15, -0.1) is 0 Å². The van der Waals surface area contributed by atoms with Crippen LogP contribution in [0.2, 0.25) is 0 Å². The smallest absolute Gasteiger partial charge is 0.202 e. The van der Waals surface area contributed by atoms with Gasteiger partial charge in [0.05, 0.1) is 6.04 Å². The number of methoxy groups -OCH3 is 2. The van der Waals surface area contributed by atoms with Gasteiger partial charge in [0, 0.05) is 32.2 Å². The van der Waals surface area contributed by atoms with E-state index in [1.54, 1.807) is 14.2 Å². The van der Waals surface area contributed by atoms with E-state index in [9.17, 15) is 0 Å². The van der Waals surface area contributed by atoms with Gasteiger partial charge in [0.2, 0.25) is 5.13 Å². The van der Waals surface area contributed by atoms with Gasteiger partial charge in [0.1, 0.15) is 5.82 Å². The van der Waals surface area contributed by atoms with Crippen molar-refractivity contribution in [3.8, 4) is 0 Å². The van der Waals surface area contributed by atoms with E-state index < -0.39 is 0 Å². The summed E-state index contributed by atoms with van der Waals surface area (Å²) < 4.78 is 14.7. The minimum atomic E-state index is -0.265. The fourth-order valence-corrected chi connectivity index (χ4v) is 2.11. The molecule has 5 nitrogen and oxygen atoms in total. The van der Waals surface area contributed by atoms with E-state index in [0.717, 1.165) is 23.8 Å². The number of nitrogens with one attached hydrogen (secondary N) is 1. The summed E-state index contributed by atoms with van der Waals surface area (Å²) in [6.07, 6.45) is 1.49. The molecule has 16 heavy (non-hydrogen) atoms. The summed E-state index contributed by atoms with van der Waals surface area (Å²) in [5, 5.41) is 4.10. The highest BCUT2D eigenvalue weighted by molar-refractivity contribution is 7.09. The Hall–Kier alpha value is -0.720. The summed E-state index contributed by atoms with van der Waals surface area (Å²) in [4.78, 5) is 4.35. The fraction of sp³-hybridized carbons (Fsp3) is 0.800. The third-order valence-corrected chi connectivity index (χ3v) is 3.01. The molecule has 0 spiro atoms. The first-order valence-corrected chi connectivity index (χ1v) is 6.17. The molecule has 0 radical (unpaired) electrons. The van der Waals surface area contributed by atoms with Crippen molar-refractivity contribution in [2.24, 2.45) is 0 Å². The standard InChI is InChI=1S/C10H19N3O2S/c1-5-7(9(14-3)15-4)11-10-12-8(6-2)13-16-10/h7,9H,5-6H2,1-4H3,(H,11,12,13). The Morgan fingerprint density at radius 2 is 2.00 bits per heavy atom. The van der Waals surface area contributed by atoms with Gasteiger partial charge in [0.15, 0.2) is 6.29 Å². The predicted molar refractivity (Wildman–Crippen MR) is 64.8 cm³/mol. The van der Waals surface area contributed by atoms with Crippen molar-refractivity contribution in [1.82, 2.24) is 9.36 Å². The Labute approximate surface area is 100 Å². The van der Waals surface area contributed by atoms with E-state index in [0.29, 0.717) is 0 Å². The maximum atomic E-state index is 5.23. The Morgan fingerprint density at radius 1 is 1.31 bits per heavy atom. The molecule has 0 aliphatic carbocycles. The number of nitrogens with zero attached hydrogens (tertiary/aromatic N) is 2. The average molecular weight is 245 g/mol. The normalized spacial score (nSPS) is 13.1. The number of hydrogen-bond donors (Lipinski definition) is 1. The van der Waals surface area contributed by atoms with Gasteiger partial charge < -0.3 is 14.8 Å². The summed E-state index contributed by atoms with van der Waals surface area (Å²) in [6, 6.07) is 0.0904. The highest BCUT2D eigenvalue weighted by atomic mass is 32.1. The Kier molecular flexibility index (Phi) is 5.65. The van der Waals surface area contributed by atoms with Crippen LogP contribution >= 0.6 is 11.5 Å².